The summed E-state index contributed by atoms with van der Waals surface area (Å²) in [4.78, 5) is 11.2. The van der Waals surface area contributed by atoms with Crippen LogP contribution in [0.25, 0.3) is 0 Å². The van der Waals surface area contributed by atoms with E-state index in [1.807, 2.05) is 0 Å². The van der Waals surface area contributed by atoms with Gasteiger partial charge in [0.1, 0.15) is 0 Å². The second-order valence-corrected chi connectivity index (χ2v) is 14.8. The van der Waals surface area contributed by atoms with Crippen molar-refractivity contribution in [1.82, 2.24) is 0 Å². The number of carboxylic acid groups (broad SMARTS) is 1. The highest BCUT2D eigenvalue weighted by Gasteiger charge is 2.43. The standard InChI is InChI=1S/C22H42O4Si/c1-8-9-10-14-22(5,26-27(6,7)21(2,3)4)15-13-17-11-12-19(23)18(17)16-20(24)25/h11,18-19,23H,8-10,12-16H2,1-7H3,(H,24,25)/t18-,19+,22?/m1/s1. The molecule has 1 unspecified atom stereocenters. The molecule has 27 heavy (non-hydrogen) atoms. The van der Waals surface area contributed by atoms with Crippen LogP contribution in [0.15, 0.2) is 11.6 Å². The van der Waals surface area contributed by atoms with E-state index in [2.05, 4.69) is 53.8 Å². The summed E-state index contributed by atoms with van der Waals surface area (Å²) < 4.78 is 6.87. The van der Waals surface area contributed by atoms with Gasteiger partial charge >= 0.3 is 5.97 Å². The molecule has 0 aliphatic heterocycles. The van der Waals surface area contributed by atoms with Crippen LogP contribution in [0.3, 0.4) is 0 Å². The maximum atomic E-state index is 11.2. The van der Waals surface area contributed by atoms with Crippen molar-refractivity contribution in [2.75, 3.05) is 0 Å². The average molecular weight is 399 g/mol. The number of carboxylic acids is 1. The van der Waals surface area contributed by atoms with Gasteiger partial charge in [0.25, 0.3) is 0 Å². The number of carbonyl (C=O) groups is 1. The van der Waals surface area contributed by atoms with Crippen LogP contribution in [0.1, 0.15) is 86.0 Å². The van der Waals surface area contributed by atoms with Gasteiger partial charge in [-0.25, -0.2) is 0 Å². The Hall–Kier alpha value is -0.653. The van der Waals surface area contributed by atoms with Crippen molar-refractivity contribution in [3.05, 3.63) is 11.6 Å². The molecule has 158 valence electrons. The molecule has 0 amide bonds. The van der Waals surface area contributed by atoms with Gasteiger partial charge in [-0.05, 0) is 50.7 Å². The van der Waals surface area contributed by atoms with Gasteiger partial charge in [-0.1, -0.05) is 58.6 Å². The first-order valence-electron chi connectivity index (χ1n) is 10.6. The first-order valence-corrected chi connectivity index (χ1v) is 13.5. The van der Waals surface area contributed by atoms with Crippen molar-refractivity contribution >= 4 is 14.3 Å². The van der Waals surface area contributed by atoms with Crippen LogP contribution < -0.4 is 0 Å². The van der Waals surface area contributed by atoms with E-state index in [0.29, 0.717) is 6.42 Å². The first-order chi connectivity index (χ1) is 12.3. The van der Waals surface area contributed by atoms with E-state index < -0.39 is 20.4 Å². The second-order valence-electron chi connectivity index (χ2n) is 10.1. The molecule has 4 nitrogen and oxygen atoms in total. The van der Waals surface area contributed by atoms with Crippen LogP contribution in [0.4, 0.5) is 0 Å². The van der Waals surface area contributed by atoms with Gasteiger partial charge in [0.15, 0.2) is 8.32 Å². The normalized spacial score (nSPS) is 23.2. The predicted molar refractivity (Wildman–Crippen MR) is 115 cm³/mol. The summed E-state index contributed by atoms with van der Waals surface area (Å²) in [6, 6.07) is 0. The Bertz CT molecular complexity index is 521. The number of unbranched alkanes of at least 4 members (excludes halogenated alkanes) is 2. The summed E-state index contributed by atoms with van der Waals surface area (Å²) in [5, 5.41) is 19.5. The first kappa shape index (κ1) is 24.4. The molecule has 1 rings (SSSR count). The van der Waals surface area contributed by atoms with E-state index in [4.69, 9.17) is 9.53 Å². The lowest BCUT2D eigenvalue weighted by Crippen LogP contribution is -2.48. The maximum Gasteiger partial charge on any atom is 0.304 e. The van der Waals surface area contributed by atoms with Crippen molar-refractivity contribution in [2.24, 2.45) is 5.92 Å². The zero-order chi connectivity index (χ0) is 20.9. The minimum Gasteiger partial charge on any atom is -0.481 e. The van der Waals surface area contributed by atoms with Crippen LogP contribution in [0, 0.1) is 5.92 Å². The van der Waals surface area contributed by atoms with E-state index in [1.165, 1.54) is 12.8 Å². The molecule has 2 N–H and O–H groups in total. The monoisotopic (exact) mass is 398 g/mol. The SMILES string of the molecule is CCCCCC(C)(CCC1=CC[C@H](O)[C@@H]1CC(=O)O)O[Si](C)(C)C(C)(C)C. The summed E-state index contributed by atoms with van der Waals surface area (Å²) >= 11 is 0. The van der Waals surface area contributed by atoms with Crippen molar-refractivity contribution in [2.45, 2.75) is 116 Å². The fourth-order valence-electron chi connectivity index (χ4n) is 3.73. The summed E-state index contributed by atoms with van der Waals surface area (Å²) in [6.07, 6.45) is 8.37. The van der Waals surface area contributed by atoms with Crippen LogP contribution in [-0.2, 0) is 9.22 Å². The Morgan fingerprint density at radius 2 is 1.85 bits per heavy atom. The molecule has 0 heterocycles. The highest BCUT2D eigenvalue weighted by molar-refractivity contribution is 6.74. The van der Waals surface area contributed by atoms with E-state index in [0.717, 1.165) is 31.3 Å². The Morgan fingerprint density at radius 3 is 2.37 bits per heavy atom. The molecule has 0 saturated carbocycles. The van der Waals surface area contributed by atoms with Crippen molar-refractivity contribution in [3.63, 3.8) is 0 Å². The maximum absolute atomic E-state index is 11.2. The van der Waals surface area contributed by atoms with Crippen molar-refractivity contribution < 1.29 is 19.4 Å². The molecule has 0 radical (unpaired) electrons. The van der Waals surface area contributed by atoms with Crippen LogP contribution in [-0.4, -0.2) is 36.2 Å². The van der Waals surface area contributed by atoms with Crippen LogP contribution >= 0.6 is 0 Å². The summed E-state index contributed by atoms with van der Waals surface area (Å²) in [7, 11) is -1.90. The lowest BCUT2D eigenvalue weighted by Gasteiger charge is -2.45. The lowest BCUT2D eigenvalue weighted by atomic mass is 9.87. The molecule has 0 fully saturated rings. The van der Waals surface area contributed by atoms with E-state index >= 15 is 0 Å². The smallest absolute Gasteiger partial charge is 0.304 e. The zero-order valence-electron chi connectivity index (χ0n) is 18.6. The third kappa shape index (κ3) is 7.35. The minimum absolute atomic E-state index is 0.0165. The molecular weight excluding hydrogens is 356 g/mol. The van der Waals surface area contributed by atoms with Gasteiger partial charge in [-0.2, -0.15) is 0 Å². The van der Waals surface area contributed by atoms with E-state index in [1.54, 1.807) is 0 Å². The highest BCUT2D eigenvalue weighted by Crippen LogP contribution is 2.43. The molecule has 5 heteroatoms. The number of hydrogen-bond acceptors (Lipinski definition) is 3. The number of hydrogen-bond donors (Lipinski definition) is 2. The Morgan fingerprint density at radius 1 is 1.22 bits per heavy atom. The van der Waals surface area contributed by atoms with E-state index in [-0.39, 0.29) is 23.0 Å². The van der Waals surface area contributed by atoms with Gasteiger partial charge in [0.05, 0.1) is 18.1 Å². The quantitative estimate of drug-likeness (QED) is 0.258. The zero-order valence-corrected chi connectivity index (χ0v) is 19.6. The van der Waals surface area contributed by atoms with Crippen molar-refractivity contribution in [3.8, 4) is 0 Å². The molecule has 1 aliphatic rings. The van der Waals surface area contributed by atoms with E-state index in [9.17, 15) is 9.90 Å². The average Bonchev–Trinajstić information content (AvgIpc) is 2.84. The molecule has 0 aromatic carbocycles. The van der Waals surface area contributed by atoms with Gasteiger partial charge in [0, 0.05) is 5.92 Å². The van der Waals surface area contributed by atoms with Gasteiger partial charge < -0.3 is 14.6 Å². The molecule has 0 spiro atoms. The fourth-order valence-corrected chi connectivity index (χ4v) is 5.47. The third-order valence-electron chi connectivity index (χ3n) is 6.52. The Labute approximate surface area is 167 Å². The topological polar surface area (TPSA) is 66.8 Å². The third-order valence-corrected chi connectivity index (χ3v) is 11.1. The number of aliphatic hydroxyl groups is 1. The predicted octanol–water partition coefficient (Wildman–Crippen LogP) is 5.91. The molecule has 3 atom stereocenters. The molecule has 0 saturated heterocycles. The Kier molecular flexibility index (Phi) is 8.76. The molecular formula is C22H42O4Si. The number of aliphatic carboxylic acids is 1. The van der Waals surface area contributed by atoms with Crippen molar-refractivity contribution in [1.29, 1.82) is 0 Å². The minimum atomic E-state index is -1.90. The molecule has 0 aromatic heterocycles. The van der Waals surface area contributed by atoms with Gasteiger partial charge in [-0.15, -0.1) is 0 Å². The molecule has 0 aromatic rings. The Balaban J connectivity index is 2.86. The highest BCUT2D eigenvalue weighted by atomic mass is 28.4. The lowest BCUT2D eigenvalue weighted by molar-refractivity contribution is -0.138. The summed E-state index contributed by atoms with van der Waals surface area (Å²) in [6.45, 7) is 15.9. The summed E-state index contributed by atoms with van der Waals surface area (Å²) in [5.74, 6) is -1.08. The van der Waals surface area contributed by atoms with Gasteiger partial charge in [0.2, 0.25) is 0 Å². The largest absolute Gasteiger partial charge is 0.481 e. The number of aliphatic hydroxyl groups excluding tert-OH is 1. The van der Waals surface area contributed by atoms with Gasteiger partial charge in [-0.3, -0.25) is 4.79 Å². The van der Waals surface area contributed by atoms with Crippen LogP contribution in [0.5, 0.6) is 0 Å². The molecule has 0 bridgehead atoms. The summed E-state index contributed by atoms with van der Waals surface area (Å²) in [5.41, 5.74) is 0.908. The fraction of sp³-hybridized carbons (Fsp3) is 0.864. The second kappa shape index (κ2) is 9.70. The number of rotatable bonds is 11. The molecule has 1 aliphatic carbocycles. The van der Waals surface area contributed by atoms with Crippen LogP contribution in [0.2, 0.25) is 18.1 Å².